The van der Waals surface area contributed by atoms with E-state index in [-0.39, 0.29) is 90.5 Å². The number of aliphatic carboxylic acids is 1. The number of alkyl halides is 9. The smallest absolute Gasteiger partial charge is 0.433 e. The highest BCUT2D eigenvalue weighted by Crippen LogP contribution is 2.35. The highest BCUT2D eigenvalue weighted by molar-refractivity contribution is 6.05. The molecule has 83 heavy (non-hydrogen) atoms. The zero-order valence-electron chi connectivity index (χ0n) is 46.4. The van der Waals surface area contributed by atoms with Gasteiger partial charge in [0.1, 0.15) is 52.2 Å². The number of rotatable bonds is 9. The Balaban J connectivity index is 0.000000209. The summed E-state index contributed by atoms with van der Waals surface area (Å²) in [5.41, 5.74) is -3.54. The molecule has 4 amide bonds. The second kappa shape index (κ2) is 25.6. The number of hydrogen-bond donors (Lipinski definition) is 2. The van der Waals surface area contributed by atoms with Crippen molar-refractivity contribution in [1.29, 1.82) is 0 Å². The predicted octanol–water partition coefficient (Wildman–Crippen LogP) is 8.92. The van der Waals surface area contributed by atoms with Crippen LogP contribution in [0.2, 0.25) is 0 Å². The Morgan fingerprint density at radius 1 is 0.554 bits per heavy atom. The molecule has 4 fully saturated rings. The molecular formula is C54H61F9N8O12. The van der Waals surface area contributed by atoms with Gasteiger partial charge >= 0.3 is 36.4 Å². The van der Waals surface area contributed by atoms with Crippen LogP contribution >= 0.6 is 0 Å². The van der Waals surface area contributed by atoms with Crippen molar-refractivity contribution in [3.8, 4) is 0 Å². The van der Waals surface area contributed by atoms with Crippen LogP contribution in [0.25, 0.3) is 0 Å². The first-order valence-electron chi connectivity index (χ1n) is 25.7. The van der Waals surface area contributed by atoms with Crippen molar-refractivity contribution in [3.05, 3.63) is 89.6 Å². The fourth-order valence-corrected chi connectivity index (χ4v) is 8.45. The summed E-state index contributed by atoms with van der Waals surface area (Å²) in [5, 5.41) is 15.5. The van der Waals surface area contributed by atoms with Crippen LogP contribution in [0.1, 0.15) is 142 Å². The molecule has 452 valence electrons. The molecule has 2 N–H and O–H groups in total. The first kappa shape index (κ1) is 65.8. The van der Waals surface area contributed by atoms with E-state index < -0.39 is 88.8 Å². The molecule has 0 bridgehead atoms. The number of amides is 4. The number of aromatic nitrogens is 4. The Morgan fingerprint density at radius 3 is 1.28 bits per heavy atom. The lowest BCUT2D eigenvalue weighted by atomic mass is 9.92. The van der Waals surface area contributed by atoms with Gasteiger partial charge in [-0.15, -0.1) is 0 Å². The molecule has 0 radical (unpaired) electrons. The first-order chi connectivity index (χ1) is 38.1. The van der Waals surface area contributed by atoms with E-state index in [4.69, 9.17) is 19.1 Å². The molecule has 4 atom stereocenters. The number of carbonyl (C=O) groups excluding carboxylic acids is 7. The average molecular weight is 1190 g/mol. The predicted molar refractivity (Wildman–Crippen MR) is 274 cm³/mol. The zero-order valence-corrected chi connectivity index (χ0v) is 46.4. The molecule has 4 aliphatic heterocycles. The number of ketones is 1. The number of carbonyl (C=O) groups is 8. The van der Waals surface area contributed by atoms with Gasteiger partial charge < -0.3 is 29.3 Å². The number of carboxylic acid groups (broad SMARTS) is 1. The van der Waals surface area contributed by atoms with Crippen molar-refractivity contribution in [2.45, 2.75) is 179 Å². The van der Waals surface area contributed by atoms with Gasteiger partial charge in [-0.05, 0) is 104 Å². The van der Waals surface area contributed by atoms with Crippen molar-refractivity contribution in [2.75, 3.05) is 14.7 Å². The standard InChI is InChI=1S/C19H20F3N3O3.C15H17F3N2O3.C11H9F3N2O3.C9H15NO3/c1-18(2,3)16-9-12(28-24-16)8-14(26)13-5-7-17(27)25(13)11-4-6-15(23-10-11)19(20,21)22;1-14(2,3)23-13(22)10-5-7-12(21)20(10)9-4-6-11(19-8-9)15(16,17)18;12-11(13,14)8-3-1-6(5-15-8)16-7(10(18)19)2-4-9(16)17;1-9(2,3)13-8(12)6-4-5-7(11)10-6/h4,6,9-10,13H,5,7-8H2,1-3H3;4,6,8,10H,5,7H2,1-3H3;1,3,5,7H,2,4H2,(H,18,19);6H,4-5H2,1-3H3,(H,10,11)/t13-;10-;7-;6-/m0000/s1. The second-order valence-corrected chi connectivity index (χ2v) is 22.3. The number of carboxylic acids is 1. The first-order valence-corrected chi connectivity index (χ1v) is 25.7. The molecule has 0 aromatic carbocycles. The quantitative estimate of drug-likeness (QED) is 0.117. The molecule has 4 aromatic heterocycles. The normalized spacial score (nSPS) is 19.5. The molecule has 8 heterocycles. The van der Waals surface area contributed by atoms with Crippen molar-refractivity contribution >= 4 is 64.4 Å². The lowest BCUT2D eigenvalue weighted by molar-refractivity contribution is -0.158. The molecule has 4 aromatic rings. The van der Waals surface area contributed by atoms with Crippen LogP contribution in [0.4, 0.5) is 56.6 Å². The van der Waals surface area contributed by atoms with Gasteiger partial charge in [0.25, 0.3) is 0 Å². The van der Waals surface area contributed by atoms with Crippen LogP contribution in [-0.4, -0.2) is 108 Å². The van der Waals surface area contributed by atoms with E-state index >= 15 is 0 Å². The number of nitrogens with zero attached hydrogens (tertiary/aromatic N) is 7. The Kier molecular flexibility index (Phi) is 20.3. The summed E-state index contributed by atoms with van der Waals surface area (Å²) in [6.07, 6.45) is -8.99. The molecule has 8 rings (SSSR count). The van der Waals surface area contributed by atoms with Gasteiger partial charge in [0.2, 0.25) is 23.6 Å². The van der Waals surface area contributed by atoms with Crippen LogP contribution in [0.3, 0.4) is 0 Å². The number of Topliss-reactive ketones (excluding diaryl/α,β-unsaturated/α-hetero) is 1. The molecular weight excluding hydrogens is 1120 g/mol. The molecule has 20 nitrogen and oxygen atoms in total. The van der Waals surface area contributed by atoms with E-state index in [1.54, 1.807) is 26.8 Å². The maximum Gasteiger partial charge on any atom is 0.433 e. The maximum atomic E-state index is 12.7. The molecule has 0 aliphatic carbocycles. The third-order valence-corrected chi connectivity index (χ3v) is 12.3. The largest absolute Gasteiger partial charge is 0.480 e. The molecule has 0 unspecified atom stereocenters. The van der Waals surface area contributed by atoms with E-state index in [0.717, 1.165) is 64.8 Å². The van der Waals surface area contributed by atoms with E-state index in [0.29, 0.717) is 30.7 Å². The third-order valence-electron chi connectivity index (χ3n) is 12.3. The van der Waals surface area contributed by atoms with Crippen molar-refractivity contribution < 1.29 is 97.0 Å². The van der Waals surface area contributed by atoms with Crippen molar-refractivity contribution in [3.63, 3.8) is 0 Å². The number of pyridine rings is 3. The number of nitrogens with one attached hydrogen (secondary N) is 1. The fourth-order valence-electron chi connectivity index (χ4n) is 8.45. The second-order valence-electron chi connectivity index (χ2n) is 22.3. The summed E-state index contributed by atoms with van der Waals surface area (Å²) >= 11 is 0. The van der Waals surface area contributed by atoms with Crippen LogP contribution in [-0.2, 0) is 78.2 Å². The Morgan fingerprint density at radius 2 is 0.940 bits per heavy atom. The van der Waals surface area contributed by atoms with E-state index in [1.807, 2.05) is 41.5 Å². The maximum absolute atomic E-state index is 12.7. The monoisotopic (exact) mass is 1180 g/mol. The molecule has 4 aliphatic rings. The van der Waals surface area contributed by atoms with Crippen LogP contribution in [0.15, 0.2) is 65.6 Å². The van der Waals surface area contributed by atoms with Crippen LogP contribution in [0.5, 0.6) is 0 Å². The van der Waals surface area contributed by atoms with Gasteiger partial charge in [-0.2, -0.15) is 39.5 Å². The number of anilines is 3. The van der Waals surface area contributed by atoms with Gasteiger partial charge in [-0.3, -0.25) is 33.8 Å². The van der Waals surface area contributed by atoms with Crippen LogP contribution < -0.4 is 20.0 Å². The van der Waals surface area contributed by atoms with E-state index in [1.165, 1.54) is 4.90 Å². The number of hydrogen-bond acceptors (Lipinski definition) is 15. The summed E-state index contributed by atoms with van der Waals surface area (Å²) in [4.78, 5) is 107. The molecule has 29 heteroatoms. The highest BCUT2D eigenvalue weighted by atomic mass is 19.4. The Bertz CT molecular complexity index is 3000. The summed E-state index contributed by atoms with van der Waals surface area (Å²) in [6.45, 7) is 16.4. The molecule has 0 spiro atoms. The Labute approximate surface area is 469 Å². The number of esters is 2. The minimum atomic E-state index is -4.57. The minimum absolute atomic E-state index is 0.0500. The van der Waals surface area contributed by atoms with Gasteiger partial charge in [0, 0.05) is 37.2 Å². The van der Waals surface area contributed by atoms with Gasteiger partial charge in [0.05, 0.1) is 53.8 Å². The van der Waals surface area contributed by atoms with Crippen molar-refractivity contribution in [1.82, 2.24) is 25.4 Å². The number of ether oxygens (including phenoxy) is 2. The highest BCUT2D eigenvalue weighted by Gasteiger charge is 2.43. The summed E-state index contributed by atoms with van der Waals surface area (Å²) < 4.78 is 128. The van der Waals surface area contributed by atoms with Crippen molar-refractivity contribution in [2.24, 2.45) is 0 Å². The lowest BCUT2D eigenvalue weighted by Gasteiger charge is -2.27. The SMILES string of the molecule is CC(C)(C)OC(=O)[C@@H]1CCC(=O)N1.CC(C)(C)OC(=O)[C@@H]1CCC(=O)N1c1ccc(C(F)(F)F)nc1.CC(C)(C)c1cc(CC(=O)[C@@H]2CCC(=O)N2c2ccc(C(F)(F)F)nc2)on1.O=C(O)[C@@H]1CCC(=O)N1c1ccc(C(F)(F)F)nc1. The summed E-state index contributed by atoms with van der Waals surface area (Å²) in [5.74, 6) is -3.16. The fraction of sp³-hybridized carbons (Fsp3) is 0.519. The van der Waals surface area contributed by atoms with E-state index in [9.17, 15) is 77.9 Å². The minimum Gasteiger partial charge on any atom is -0.480 e. The number of halogens is 9. The van der Waals surface area contributed by atoms with E-state index in [2.05, 4.69) is 25.4 Å². The van der Waals surface area contributed by atoms with Gasteiger partial charge in [0.15, 0.2) is 5.78 Å². The van der Waals surface area contributed by atoms with Gasteiger partial charge in [-0.1, -0.05) is 25.9 Å². The molecule has 4 saturated heterocycles. The van der Waals surface area contributed by atoms with Gasteiger partial charge in [-0.25, -0.2) is 29.3 Å². The summed E-state index contributed by atoms with van der Waals surface area (Å²) in [6, 6.07) is 4.25. The lowest BCUT2D eigenvalue weighted by Crippen LogP contribution is -2.42. The summed E-state index contributed by atoms with van der Waals surface area (Å²) in [7, 11) is 0. The molecule has 0 saturated carbocycles. The zero-order chi connectivity index (χ0) is 62.4. The average Bonchev–Trinajstić information content (AvgIpc) is 4.46. The topological polar surface area (TPSA) is 262 Å². The third kappa shape index (κ3) is 18.2. The van der Waals surface area contributed by atoms with Crippen LogP contribution in [0, 0.1) is 0 Å². The Hall–Kier alpha value is -8.01.